The molecule has 6 heteroatoms. The number of carbonyl (C=O) groups is 2. The van der Waals surface area contributed by atoms with Gasteiger partial charge in [0.1, 0.15) is 11.3 Å². The van der Waals surface area contributed by atoms with Crippen LogP contribution in [0.3, 0.4) is 0 Å². The summed E-state index contributed by atoms with van der Waals surface area (Å²) in [5.41, 5.74) is 2.90. The number of furan rings is 1. The Balaban J connectivity index is 1.84. The maximum atomic E-state index is 12.4. The van der Waals surface area contributed by atoms with E-state index < -0.39 is 0 Å². The van der Waals surface area contributed by atoms with Crippen LogP contribution in [-0.4, -0.2) is 34.4 Å². The fraction of sp³-hybridized carbons (Fsp3) is 0.300. The minimum absolute atomic E-state index is 0.129. The van der Waals surface area contributed by atoms with Crippen LogP contribution in [0.1, 0.15) is 40.5 Å². The molecule has 0 saturated carbocycles. The Morgan fingerprint density at radius 2 is 1.88 bits per heavy atom. The van der Waals surface area contributed by atoms with Gasteiger partial charge in [0, 0.05) is 37.4 Å². The van der Waals surface area contributed by atoms with Crippen molar-refractivity contribution >= 4 is 28.5 Å². The predicted molar refractivity (Wildman–Crippen MR) is 102 cm³/mol. The maximum Gasteiger partial charge on any atom is 0.289 e. The number of carbonyl (C=O) groups excluding carboxylic acids is 2. The third-order valence-electron chi connectivity index (χ3n) is 4.41. The first-order valence-corrected chi connectivity index (χ1v) is 8.70. The Labute approximate surface area is 152 Å². The van der Waals surface area contributed by atoms with E-state index in [4.69, 9.17) is 4.42 Å². The summed E-state index contributed by atoms with van der Waals surface area (Å²) in [6.45, 7) is 7.07. The van der Waals surface area contributed by atoms with E-state index in [1.165, 1.54) is 0 Å². The summed E-state index contributed by atoms with van der Waals surface area (Å²) < 4.78 is 7.47. The lowest BCUT2D eigenvalue weighted by molar-refractivity contribution is 0.0743. The lowest BCUT2D eigenvalue weighted by Crippen LogP contribution is -2.30. The Morgan fingerprint density at radius 1 is 1.15 bits per heavy atom. The Bertz CT molecular complexity index is 964. The van der Waals surface area contributed by atoms with E-state index in [9.17, 15) is 9.59 Å². The van der Waals surface area contributed by atoms with Crippen molar-refractivity contribution in [1.29, 1.82) is 0 Å². The Kier molecular flexibility index (Phi) is 4.84. The van der Waals surface area contributed by atoms with Crippen molar-refractivity contribution < 1.29 is 14.0 Å². The van der Waals surface area contributed by atoms with E-state index in [-0.39, 0.29) is 11.8 Å². The van der Waals surface area contributed by atoms with Crippen LogP contribution in [0.5, 0.6) is 0 Å². The summed E-state index contributed by atoms with van der Waals surface area (Å²) in [6, 6.07) is 8.90. The molecule has 0 bridgehead atoms. The summed E-state index contributed by atoms with van der Waals surface area (Å²) in [5.74, 6) is 0.00388. The van der Waals surface area contributed by atoms with Crippen molar-refractivity contribution in [3.05, 3.63) is 53.5 Å². The number of anilines is 1. The van der Waals surface area contributed by atoms with E-state index in [1.54, 1.807) is 27.7 Å². The number of benzene rings is 1. The third-order valence-corrected chi connectivity index (χ3v) is 4.41. The van der Waals surface area contributed by atoms with E-state index in [0.717, 1.165) is 10.9 Å². The molecule has 3 rings (SSSR count). The normalized spacial score (nSPS) is 10.9. The predicted octanol–water partition coefficient (Wildman–Crippen LogP) is 3.81. The van der Waals surface area contributed by atoms with Crippen LogP contribution < -0.4 is 5.32 Å². The van der Waals surface area contributed by atoms with Gasteiger partial charge in [0.15, 0.2) is 5.76 Å². The summed E-state index contributed by atoms with van der Waals surface area (Å²) >= 11 is 0. The maximum absolute atomic E-state index is 12.4. The van der Waals surface area contributed by atoms with Crippen LogP contribution >= 0.6 is 0 Å². The van der Waals surface area contributed by atoms with Gasteiger partial charge in [-0.15, -0.1) is 0 Å². The molecule has 0 unspecified atom stereocenters. The first kappa shape index (κ1) is 17.8. The minimum atomic E-state index is -0.178. The SMILES string of the molecule is CCN(CC)C(=O)c1cc2cc(NC(=O)c3cc(C)cn3C)ccc2o1. The second kappa shape index (κ2) is 7.07. The average molecular weight is 353 g/mol. The van der Waals surface area contributed by atoms with Gasteiger partial charge in [0.25, 0.3) is 11.8 Å². The van der Waals surface area contributed by atoms with Gasteiger partial charge in [0.2, 0.25) is 0 Å². The summed E-state index contributed by atoms with van der Waals surface area (Å²) in [7, 11) is 1.84. The number of fused-ring (bicyclic) bond motifs is 1. The standard InChI is InChI=1S/C20H23N3O3/c1-5-23(6-2)20(25)18-11-14-10-15(7-8-17(14)26-18)21-19(24)16-9-13(3)12-22(16)4/h7-12H,5-6H2,1-4H3,(H,21,24). The number of nitrogens with one attached hydrogen (secondary N) is 1. The second-order valence-corrected chi connectivity index (χ2v) is 6.31. The molecular formula is C20H23N3O3. The zero-order valence-electron chi connectivity index (χ0n) is 15.5. The monoisotopic (exact) mass is 353 g/mol. The van der Waals surface area contributed by atoms with Crippen LogP contribution in [-0.2, 0) is 7.05 Å². The highest BCUT2D eigenvalue weighted by molar-refractivity contribution is 6.04. The van der Waals surface area contributed by atoms with Gasteiger partial charge in [-0.05, 0) is 56.7 Å². The second-order valence-electron chi connectivity index (χ2n) is 6.31. The van der Waals surface area contributed by atoms with E-state index in [2.05, 4.69) is 5.32 Å². The molecule has 0 saturated heterocycles. The molecule has 0 fully saturated rings. The molecule has 136 valence electrons. The largest absolute Gasteiger partial charge is 0.451 e. The first-order valence-electron chi connectivity index (χ1n) is 8.70. The molecule has 0 radical (unpaired) electrons. The van der Waals surface area contributed by atoms with Crippen LogP contribution in [0.15, 0.2) is 40.9 Å². The smallest absolute Gasteiger partial charge is 0.289 e. The van der Waals surface area contributed by atoms with Crippen LogP contribution in [0, 0.1) is 6.92 Å². The van der Waals surface area contributed by atoms with E-state index in [0.29, 0.717) is 35.8 Å². The zero-order valence-corrected chi connectivity index (χ0v) is 15.5. The molecule has 6 nitrogen and oxygen atoms in total. The van der Waals surface area contributed by atoms with Crippen LogP contribution in [0.2, 0.25) is 0 Å². The Hall–Kier alpha value is -3.02. The number of aryl methyl sites for hydroxylation is 2. The minimum Gasteiger partial charge on any atom is -0.451 e. The molecule has 0 atom stereocenters. The average Bonchev–Trinajstić information content (AvgIpc) is 3.18. The van der Waals surface area contributed by atoms with Crippen molar-refractivity contribution in [3.8, 4) is 0 Å². The fourth-order valence-corrected chi connectivity index (χ4v) is 3.04. The Morgan fingerprint density at radius 3 is 2.50 bits per heavy atom. The molecular weight excluding hydrogens is 330 g/mol. The van der Waals surface area contributed by atoms with Crippen LogP contribution in [0.25, 0.3) is 11.0 Å². The molecule has 1 N–H and O–H groups in total. The first-order chi connectivity index (χ1) is 12.4. The quantitative estimate of drug-likeness (QED) is 0.758. The van der Waals surface area contributed by atoms with Crippen LogP contribution in [0.4, 0.5) is 5.69 Å². The summed E-state index contributed by atoms with van der Waals surface area (Å²) in [5, 5.41) is 3.67. The number of hydrogen-bond donors (Lipinski definition) is 1. The highest BCUT2D eigenvalue weighted by Gasteiger charge is 2.18. The van der Waals surface area contributed by atoms with Gasteiger partial charge in [-0.1, -0.05) is 0 Å². The molecule has 0 aliphatic carbocycles. The molecule has 0 aliphatic heterocycles. The molecule has 0 spiro atoms. The molecule has 2 aromatic heterocycles. The molecule has 0 aliphatic rings. The lowest BCUT2D eigenvalue weighted by Gasteiger charge is -2.16. The summed E-state index contributed by atoms with van der Waals surface area (Å²) in [4.78, 5) is 26.6. The number of aromatic nitrogens is 1. The van der Waals surface area contributed by atoms with Crippen molar-refractivity contribution in [2.24, 2.45) is 7.05 Å². The van der Waals surface area contributed by atoms with Gasteiger partial charge < -0.3 is 19.2 Å². The third kappa shape index (κ3) is 3.35. The number of amides is 2. The van der Waals surface area contributed by atoms with Gasteiger partial charge in [-0.2, -0.15) is 0 Å². The van der Waals surface area contributed by atoms with Crippen molar-refractivity contribution in [2.45, 2.75) is 20.8 Å². The van der Waals surface area contributed by atoms with Gasteiger partial charge >= 0.3 is 0 Å². The highest BCUT2D eigenvalue weighted by atomic mass is 16.3. The van der Waals surface area contributed by atoms with Gasteiger partial charge in [-0.3, -0.25) is 9.59 Å². The van der Waals surface area contributed by atoms with Gasteiger partial charge in [0.05, 0.1) is 0 Å². The summed E-state index contributed by atoms with van der Waals surface area (Å²) in [6.07, 6.45) is 1.90. The zero-order chi connectivity index (χ0) is 18.8. The van der Waals surface area contributed by atoms with Crippen molar-refractivity contribution in [1.82, 2.24) is 9.47 Å². The highest BCUT2D eigenvalue weighted by Crippen LogP contribution is 2.24. The van der Waals surface area contributed by atoms with Crippen molar-refractivity contribution in [3.63, 3.8) is 0 Å². The lowest BCUT2D eigenvalue weighted by atomic mass is 10.2. The molecule has 1 aromatic carbocycles. The number of rotatable bonds is 5. The topological polar surface area (TPSA) is 67.5 Å². The van der Waals surface area contributed by atoms with Crippen molar-refractivity contribution in [2.75, 3.05) is 18.4 Å². The van der Waals surface area contributed by atoms with Gasteiger partial charge in [-0.25, -0.2) is 0 Å². The fourth-order valence-electron chi connectivity index (χ4n) is 3.04. The molecule has 26 heavy (non-hydrogen) atoms. The molecule has 2 amide bonds. The molecule has 2 heterocycles. The number of hydrogen-bond acceptors (Lipinski definition) is 3. The van der Waals surface area contributed by atoms with E-state index in [1.807, 2.05) is 46.1 Å². The van der Waals surface area contributed by atoms with E-state index >= 15 is 0 Å². The molecule has 3 aromatic rings. The number of nitrogens with zero attached hydrogens (tertiary/aromatic N) is 2.